The summed E-state index contributed by atoms with van der Waals surface area (Å²) >= 11 is 0. The van der Waals surface area contributed by atoms with Crippen molar-refractivity contribution >= 4 is 50.9 Å². The summed E-state index contributed by atoms with van der Waals surface area (Å²) in [5.74, 6) is 2.21. The molecule has 3 aromatic carbocycles. The largest absolute Gasteiger partial charge is 0.456 e. The molecular weight excluding hydrogens is 793 g/mol. The van der Waals surface area contributed by atoms with Crippen LogP contribution in [0.4, 0.5) is 4.79 Å². The van der Waals surface area contributed by atoms with Gasteiger partial charge in [0, 0.05) is 22.9 Å². The highest BCUT2D eigenvalue weighted by atomic mass is 16.5. The number of furan rings is 2. The van der Waals surface area contributed by atoms with Gasteiger partial charge in [0.25, 0.3) is 0 Å². The zero-order chi connectivity index (χ0) is 43.4. The number of amides is 3. The van der Waals surface area contributed by atoms with Crippen molar-refractivity contribution in [2.24, 2.45) is 29.4 Å². The van der Waals surface area contributed by atoms with Crippen molar-refractivity contribution in [2.75, 3.05) is 7.11 Å². The van der Waals surface area contributed by atoms with Gasteiger partial charge in [-0.2, -0.15) is 0 Å². The number of benzene rings is 4. The van der Waals surface area contributed by atoms with Gasteiger partial charge in [-0.15, -0.1) is 0 Å². The molecule has 8 atom stereocenters. The SMILES string of the molecule is COC(=O)NC(C(=O)N1C2CCC(C2)C1c1nc2ccc(-c3ccc(-c4ccc(-c5cnc(C6C7CCC(C7)N6C(=O)C(N)C(C)C)[nH]5)cc4)c4c5ccc(o5)c34)cc2[nH]1)C(C)C. The normalized spacial score (nSPS) is 23.9. The van der Waals surface area contributed by atoms with Crippen LogP contribution in [0.15, 0.2) is 77.3 Å². The van der Waals surface area contributed by atoms with Crippen LogP contribution < -0.4 is 11.1 Å². The molecule has 324 valence electrons. The number of piperidine rings is 2. The molecule has 8 unspecified atom stereocenters. The van der Waals surface area contributed by atoms with Crippen molar-refractivity contribution in [3.8, 4) is 33.5 Å². The second-order valence-corrected chi connectivity index (χ2v) is 19.2. The number of imidazole rings is 2. The molecule has 4 fully saturated rings. The minimum atomic E-state index is -0.693. The minimum absolute atomic E-state index is 0.0305. The molecule has 3 amide bonds. The fourth-order valence-corrected chi connectivity index (χ4v) is 11.6. The number of hydrogen-bond acceptors (Lipinski definition) is 8. The Labute approximate surface area is 365 Å². The first-order valence-electron chi connectivity index (χ1n) is 22.6. The lowest BCUT2D eigenvalue weighted by molar-refractivity contribution is -0.139. The van der Waals surface area contributed by atoms with Gasteiger partial charge in [-0.25, -0.2) is 14.8 Å². The van der Waals surface area contributed by atoms with Crippen LogP contribution >= 0.6 is 0 Å². The zero-order valence-electron chi connectivity index (χ0n) is 36.4. The van der Waals surface area contributed by atoms with Gasteiger partial charge < -0.3 is 40.0 Å². The first-order valence-corrected chi connectivity index (χ1v) is 22.6. The lowest BCUT2D eigenvalue weighted by atomic mass is 9.91. The number of carbonyl (C=O) groups excluding carboxylic acids is 3. The van der Waals surface area contributed by atoms with Crippen LogP contribution in [-0.2, 0) is 14.3 Å². The van der Waals surface area contributed by atoms with Crippen LogP contribution in [0.1, 0.15) is 90.0 Å². The Balaban J connectivity index is 0.875. The Bertz CT molecular complexity index is 2890. The lowest BCUT2D eigenvalue weighted by Crippen LogP contribution is -2.54. The topological polar surface area (TPSA) is 175 Å². The van der Waals surface area contributed by atoms with Crippen molar-refractivity contribution in [3.05, 3.63) is 84.6 Å². The van der Waals surface area contributed by atoms with Crippen LogP contribution in [0, 0.1) is 23.7 Å². The summed E-state index contributed by atoms with van der Waals surface area (Å²) in [6.45, 7) is 7.89. The number of aromatic nitrogens is 4. The van der Waals surface area contributed by atoms with Gasteiger partial charge in [0.15, 0.2) is 0 Å². The molecule has 2 saturated carbocycles. The molecule has 2 aliphatic heterocycles. The molecule has 6 bridgehead atoms. The van der Waals surface area contributed by atoms with E-state index in [2.05, 4.69) is 69.9 Å². The number of nitrogens with zero attached hydrogens (tertiary/aromatic N) is 4. The fraction of sp³-hybridized carbons (Fsp3) is 0.420. The van der Waals surface area contributed by atoms with Crippen molar-refractivity contribution in [1.29, 1.82) is 0 Å². The summed E-state index contributed by atoms with van der Waals surface area (Å²) in [5.41, 5.74) is 16.0. The Morgan fingerprint density at radius 1 is 0.746 bits per heavy atom. The number of carbonyl (C=O) groups is 3. The molecule has 63 heavy (non-hydrogen) atoms. The predicted molar refractivity (Wildman–Crippen MR) is 241 cm³/mol. The predicted octanol–water partition coefficient (Wildman–Crippen LogP) is 9.09. The smallest absolute Gasteiger partial charge is 0.407 e. The van der Waals surface area contributed by atoms with E-state index in [1.54, 1.807) is 0 Å². The van der Waals surface area contributed by atoms with Gasteiger partial charge in [-0.1, -0.05) is 70.2 Å². The summed E-state index contributed by atoms with van der Waals surface area (Å²) in [5, 5.41) is 4.93. The maximum Gasteiger partial charge on any atom is 0.407 e. The standard InChI is InChI=1S/C50H54N8O5/c1-24(2)42(51)48(59)57-31-13-10-29(20-31)44(57)46-52-23-37(55-46)27-8-6-26(7-9-27)33-15-16-34(41-39-19-18-38(63-39)40(33)41)28-12-17-35-36(22-28)54-47(53-35)45-30-11-14-32(21-30)58(45)49(60)43(25(3)4)56-50(61)62-5/h6-9,12,15-19,22-25,29-32,42-45H,10-11,13-14,20-21,51H2,1-5H3,(H,52,55)(H,53,54)(H,56,61). The number of rotatable bonds is 10. The number of fused-ring (bicyclic) bond motifs is 10. The third-order valence-corrected chi connectivity index (χ3v) is 14.9. The van der Waals surface area contributed by atoms with Crippen molar-refractivity contribution in [2.45, 2.75) is 102 Å². The molecule has 0 radical (unpaired) electrons. The van der Waals surface area contributed by atoms with Gasteiger partial charge in [-0.05, 0) is 114 Å². The average Bonchev–Trinajstić information content (AvgIpc) is 4.15. The number of H-pyrrole nitrogens is 2. The molecule has 13 nitrogen and oxygen atoms in total. The summed E-state index contributed by atoms with van der Waals surface area (Å²) in [4.78, 5) is 61.1. The summed E-state index contributed by atoms with van der Waals surface area (Å²) in [6.07, 6.45) is 7.32. The summed E-state index contributed by atoms with van der Waals surface area (Å²) in [6, 6.07) is 22.2. The molecule has 13 heteroatoms. The van der Waals surface area contributed by atoms with Gasteiger partial charge >= 0.3 is 6.09 Å². The Hall–Kier alpha value is -6.21. The molecule has 0 spiro atoms. The summed E-state index contributed by atoms with van der Waals surface area (Å²) < 4.78 is 11.2. The van der Waals surface area contributed by atoms with Gasteiger partial charge in [0.05, 0.1) is 48.2 Å². The van der Waals surface area contributed by atoms with Crippen molar-refractivity contribution in [3.63, 3.8) is 0 Å². The minimum Gasteiger partial charge on any atom is -0.456 e. The third-order valence-electron chi connectivity index (χ3n) is 14.9. The van der Waals surface area contributed by atoms with E-state index in [0.717, 1.165) is 117 Å². The third kappa shape index (κ3) is 6.32. The van der Waals surface area contributed by atoms with E-state index in [1.165, 1.54) is 7.11 Å². The number of nitrogens with two attached hydrogens (primary N) is 1. The average molecular weight is 847 g/mol. The van der Waals surface area contributed by atoms with Crippen LogP contribution in [0.25, 0.3) is 66.5 Å². The first-order chi connectivity index (χ1) is 30.5. The molecule has 4 aliphatic rings. The van der Waals surface area contributed by atoms with Crippen LogP contribution in [0.5, 0.6) is 0 Å². The highest BCUT2D eigenvalue weighted by Gasteiger charge is 2.52. The lowest BCUT2D eigenvalue weighted by Gasteiger charge is -2.37. The van der Waals surface area contributed by atoms with E-state index < -0.39 is 18.2 Å². The van der Waals surface area contributed by atoms with Crippen LogP contribution in [0.2, 0.25) is 0 Å². The molecule has 4 aromatic heterocycles. The maximum absolute atomic E-state index is 14.2. The van der Waals surface area contributed by atoms with Crippen LogP contribution in [-0.4, -0.2) is 78.9 Å². The molecule has 2 aliphatic carbocycles. The molecule has 6 heterocycles. The number of alkyl carbamates (subject to hydrolysis) is 1. The highest BCUT2D eigenvalue weighted by molar-refractivity contribution is 6.19. The van der Waals surface area contributed by atoms with Gasteiger partial charge in [0.1, 0.15) is 28.9 Å². The maximum atomic E-state index is 14.2. The number of ether oxygens (including phenoxy) is 1. The van der Waals surface area contributed by atoms with Crippen molar-refractivity contribution in [1.82, 2.24) is 35.1 Å². The highest BCUT2D eigenvalue weighted by Crippen LogP contribution is 2.52. The Morgan fingerprint density at radius 3 is 1.98 bits per heavy atom. The second-order valence-electron chi connectivity index (χ2n) is 19.2. The van der Waals surface area contributed by atoms with Crippen molar-refractivity contribution < 1.29 is 23.5 Å². The molecule has 2 saturated heterocycles. The number of likely N-dealkylation sites (tertiary alicyclic amines) is 2. The van der Waals surface area contributed by atoms with E-state index in [1.807, 2.05) is 55.8 Å². The molecule has 7 aromatic rings. The number of hydrogen-bond donors (Lipinski definition) is 4. The fourth-order valence-electron chi connectivity index (χ4n) is 11.6. The first kappa shape index (κ1) is 39.6. The Morgan fingerprint density at radius 2 is 1.35 bits per heavy atom. The quantitative estimate of drug-likeness (QED) is 0.105. The monoisotopic (exact) mass is 846 g/mol. The second kappa shape index (κ2) is 15.0. The molecule has 5 N–H and O–H groups in total. The number of nitrogens with one attached hydrogen (secondary N) is 3. The number of methoxy groups -OCH3 is 1. The molecule has 11 rings (SSSR count). The summed E-state index contributed by atoms with van der Waals surface area (Å²) in [7, 11) is 1.32. The zero-order valence-corrected chi connectivity index (χ0v) is 36.4. The van der Waals surface area contributed by atoms with E-state index in [4.69, 9.17) is 24.9 Å². The van der Waals surface area contributed by atoms with E-state index in [-0.39, 0.29) is 47.8 Å². The van der Waals surface area contributed by atoms with E-state index >= 15 is 0 Å². The number of aromatic amines is 2. The van der Waals surface area contributed by atoms with E-state index in [0.29, 0.717) is 11.8 Å². The van der Waals surface area contributed by atoms with Gasteiger partial charge in [-0.3, -0.25) is 9.59 Å². The van der Waals surface area contributed by atoms with E-state index in [9.17, 15) is 14.4 Å². The Kier molecular flexibility index (Phi) is 9.41. The molecular formula is C50H54N8O5. The van der Waals surface area contributed by atoms with Crippen LogP contribution in [0.3, 0.4) is 0 Å². The van der Waals surface area contributed by atoms with Gasteiger partial charge in [0.2, 0.25) is 11.8 Å².